The minimum absolute atomic E-state index is 0.576. The largest absolute Gasteiger partial charge is 0.311 e. The number of aryl methyl sites for hydroxylation is 1. The van der Waals surface area contributed by atoms with E-state index >= 15 is 0 Å². The van der Waals surface area contributed by atoms with Crippen molar-refractivity contribution in [1.29, 1.82) is 0 Å². The Labute approximate surface area is 126 Å². The van der Waals surface area contributed by atoms with Crippen LogP contribution in [0.3, 0.4) is 0 Å². The van der Waals surface area contributed by atoms with Gasteiger partial charge in [-0.15, -0.1) is 0 Å². The van der Waals surface area contributed by atoms with Crippen molar-refractivity contribution in [3.8, 4) is 0 Å². The summed E-state index contributed by atoms with van der Waals surface area (Å²) in [5.74, 6) is 0.766. The molecule has 20 heavy (non-hydrogen) atoms. The molecule has 0 spiro atoms. The first-order chi connectivity index (χ1) is 9.72. The van der Waals surface area contributed by atoms with Gasteiger partial charge in [-0.1, -0.05) is 24.3 Å². The van der Waals surface area contributed by atoms with Gasteiger partial charge >= 0.3 is 0 Å². The van der Waals surface area contributed by atoms with Crippen molar-refractivity contribution in [2.45, 2.75) is 51.1 Å². The lowest BCUT2D eigenvalue weighted by Gasteiger charge is -2.38. The number of hydrogen-bond donors (Lipinski definition) is 1. The van der Waals surface area contributed by atoms with Gasteiger partial charge < -0.3 is 5.32 Å². The van der Waals surface area contributed by atoms with E-state index in [-0.39, 0.29) is 0 Å². The second-order valence-corrected chi connectivity index (χ2v) is 6.91. The molecule has 1 nitrogen and oxygen atoms in total. The summed E-state index contributed by atoms with van der Waals surface area (Å²) in [5, 5.41) is 8.20. The highest BCUT2D eigenvalue weighted by Crippen LogP contribution is 2.38. The van der Waals surface area contributed by atoms with Crippen molar-refractivity contribution in [2.75, 3.05) is 0 Å². The second-order valence-electron chi connectivity index (χ2n) is 6.13. The maximum Gasteiger partial charge on any atom is 0.00820 e. The zero-order chi connectivity index (χ0) is 13.9. The summed E-state index contributed by atoms with van der Waals surface area (Å²) in [6.45, 7) is 4.54. The SMILES string of the molecule is Cc1ccccc1C1CC(NC(C)Cc2ccsc2)C1. The molecule has 3 rings (SSSR count). The molecule has 0 aliphatic heterocycles. The number of rotatable bonds is 5. The van der Waals surface area contributed by atoms with E-state index in [1.807, 2.05) is 0 Å². The van der Waals surface area contributed by atoms with Crippen LogP contribution >= 0.6 is 11.3 Å². The summed E-state index contributed by atoms with van der Waals surface area (Å²) in [7, 11) is 0. The predicted octanol–water partition coefficient (Wildman–Crippen LogP) is 4.52. The first kappa shape index (κ1) is 13.8. The molecule has 106 valence electrons. The number of thiophene rings is 1. The van der Waals surface area contributed by atoms with Gasteiger partial charge in [0.05, 0.1) is 0 Å². The molecule has 2 aromatic rings. The Kier molecular flexibility index (Phi) is 4.23. The van der Waals surface area contributed by atoms with Gasteiger partial charge in [0, 0.05) is 12.1 Å². The Balaban J connectivity index is 1.47. The zero-order valence-electron chi connectivity index (χ0n) is 12.3. The average Bonchev–Trinajstić information content (AvgIpc) is 2.87. The van der Waals surface area contributed by atoms with Gasteiger partial charge in [0.1, 0.15) is 0 Å². The van der Waals surface area contributed by atoms with E-state index in [1.54, 1.807) is 16.9 Å². The van der Waals surface area contributed by atoms with E-state index < -0.39 is 0 Å². The monoisotopic (exact) mass is 285 g/mol. The average molecular weight is 285 g/mol. The molecule has 1 heterocycles. The standard InChI is InChI=1S/C18H23NS/c1-13-5-3-4-6-18(13)16-10-17(11-16)19-14(2)9-15-7-8-20-12-15/h3-8,12,14,16-17,19H,9-11H2,1-2H3. The third kappa shape index (κ3) is 3.13. The van der Waals surface area contributed by atoms with Gasteiger partial charge in [-0.05, 0) is 72.5 Å². The fourth-order valence-corrected chi connectivity index (χ4v) is 3.96. The van der Waals surface area contributed by atoms with E-state index in [0.29, 0.717) is 12.1 Å². The fourth-order valence-electron chi connectivity index (χ4n) is 3.28. The van der Waals surface area contributed by atoms with Crippen LogP contribution in [0.15, 0.2) is 41.1 Å². The van der Waals surface area contributed by atoms with Crippen LogP contribution < -0.4 is 5.32 Å². The quantitative estimate of drug-likeness (QED) is 0.851. The van der Waals surface area contributed by atoms with Crippen LogP contribution in [0.4, 0.5) is 0 Å². The molecule has 2 heteroatoms. The molecule has 1 atom stereocenters. The van der Waals surface area contributed by atoms with Gasteiger partial charge in [0.15, 0.2) is 0 Å². The van der Waals surface area contributed by atoms with Gasteiger partial charge in [0.25, 0.3) is 0 Å². The summed E-state index contributed by atoms with van der Waals surface area (Å²) < 4.78 is 0. The lowest BCUT2D eigenvalue weighted by molar-refractivity contribution is 0.268. The molecule has 1 aromatic carbocycles. The summed E-state index contributed by atoms with van der Waals surface area (Å²) in [6.07, 6.45) is 3.73. The minimum atomic E-state index is 0.576. The summed E-state index contributed by atoms with van der Waals surface area (Å²) in [6, 6.07) is 12.3. The molecule has 1 aromatic heterocycles. The van der Waals surface area contributed by atoms with Crippen LogP contribution in [0, 0.1) is 6.92 Å². The van der Waals surface area contributed by atoms with Crippen LogP contribution in [0.1, 0.15) is 42.4 Å². The minimum Gasteiger partial charge on any atom is -0.311 e. The van der Waals surface area contributed by atoms with Crippen LogP contribution in [0.2, 0.25) is 0 Å². The summed E-state index contributed by atoms with van der Waals surface area (Å²) in [5.41, 5.74) is 4.46. The molecule has 1 aliphatic rings. The lowest BCUT2D eigenvalue weighted by Crippen LogP contribution is -2.45. The maximum absolute atomic E-state index is 3.78. The predicted molar refractivity (Wildman–Crippen MR) is 87.6 cm³/mol. The van der Waals surface area contributed by atoms with Gasteiger partial charge in [-0.2, -0.15) is 11.3 Å². The van der Waals surface area contributed by atoms with Crippen LogP contribution in [0.5, 0.6) is 0 Å². The van der Waals surface area contributed by atoms with Gasteiger partial charge in [0.2, 0.25) is 0 Å². The molecule has 1 fully saturated rings. The van der Waals surface area contributed by atoms with E-state index in [1.165, 1.54) is 24.0 Å². The number of nitrogens with one attached hydrogen (secondary N) is 1. The molecule has 0 amide bonds. The van der Waals surface area contributed by atoms with Crippen LogP contribution in [-0.4, -0.2) is 12.1 Å². The van der Waals surface area contributed by atoms with Crippen molar-refractivity contribution in [3.05, 3.63) is 57.8 Å². The molecule has 0 bridgehead atoms. The van der Waals surface area contributed by atoms with Gasteiger partial charge in [-0.25, -0.2) is 0 Å². The first-order valence-electron chi connectivity index (χ1n) is 7.55. The van der Waals surface area contributed by atoms with Crippen molar-refractivity contribution < 1.29 is 0 Å². The highest BCUT2D eigenvalue weighted by molar-refractivity contribution is 7.07. The molecule has 1 N–H and O–H groups in total. The fraction of sp³-hybridized carbons (Fsp3) is 0.444. The Bertz CT molecular complexity index is 540. The Morgan fingerprint density at radius 1 is 1.25 bits per heavy atom. The highest BCUT2D eigenvalue weighted by atomic mass is 32.1. The molecule has 1 aliphatic carbocycles. The Hall–Kier alpha value is -1.12. The smallest absolute Gasteiger partial charge is 0.00820 e. The van der Waals surface area contributed by atoms with E-state index in [0.717, 1.165) is 12.3 Å². The zero-order valence-corrected chi connectivity index (χ0v) is 13.1. The van der Waals surface area contributed by atoms with Crippen LogP contribution in [-0.2, 0) is 6.42 Å². The normalized spacial score (nSPS) is 23.3. The lowest BCUT2D eigenvalue weighted by atomic mass is 9.74. The molecular weight excluding hydrogens is 262 g/mol. The third-order valence-electron chi connectivity index (χ3n) is 4.41. The van der Waals surface area contributed by atoms with Crippen molar-refractivity contribution in [3.63, 3.8) is 0 Å². The molecule has 1 unspecified atom stereocenters. The number of benzene rings is 1. The summed E-state index contributed by atoms with van der Waals surface area (Å²) >= 11 is 1.79. The second kappa shape index (κ2) is 6.11. The maximum atomic E-state index is 3.78. The summed E-state index contributed by atoms with van der Waals surface area (Å²) in [4.78, 5) is 0. The van der Waals surface area contributed by atoms with E-state index in [9.17, 15) is 0 Å². The Morgan fingerprint density at radius 2 is 2.05 bits per heavy atom. The first-order valence-corrected chi connectivity index (χ1v) is 8.49. The van der Waals surface area contributed by atoms with Crippen molar-refractivity contribution >= 4 is 11.3 Å². The van der Waals surface area contributed by atoms with Crippen LogP contribution in [0.25, 0.3) is 0 Å². The molecular formula is C18H23NS. The topological polar surface area (TPSA) is 12.0 Å². The number of hydrogen-bond acceptors (Lipinski definition) is 2. The van der Waals surface area contributed by atoms with E-state index in [4.69, 9.17) is 0 Å². The Morgan fingerprint density at radius 3 is 2.75 bits per heavy atom. The molecule has 1 saturated carbocycles. The molecule has 0 radical (unpaired) electrons. The third-order valence-corrected chi connectivity index (χ3v) is 5.14. The van der Waals surface area contributed by atoms with E-state index in [2.05, 4.69) is 60.3 Å². The van der Waals surface area contributed by atoms with Crippen molar-refractivity contribution in [1.82, 2.24) is 5.32 Å². The van der Waals surface area contributed by atoms with Crippen molar-refractivity contribution in [2.24, 2.45) is 0 Å². The highest BCUT2D eigenvalue weighted by Gasteiger charge is 2.31. The van der Waals surface area contributed by atoms with Gasteiger partial charge in [-0.3, -0.25) is 0 Å². The molecule has 0 saturated heterocycles.